The maximum Gasteiger partial charge on any atom is 0.368 e. The Morgan fingerprint density at radius 2 is 1.90 bits per heavy atom. The van der Waals surface area contributed by atoms with Crippen LogP contribution in [0.2, 0.25) is 0 Å². The molecule has 1 aromatic carbocycles. The van der Waals surface area contributed by atoms with E-state index in [9.17, 15) is 13.2 Å². The standard InChI is InChI=1S/C10H11BrN4O4S/c1-20(17,18)19-7-6-14-10(16)15(13-12-14)9-4-2-8(11)3-5-9/h2-5H,6-7H2,1H3. The minimum absolute atomic E-state index is 0.00241. The molecule has 8 nitrogen and oxygen atoms in total. The largest absolute Gasteiger partial charge is 0.368 e. The van der Waals surface area contributed by atoms with Crippen LogP contribution in [0, 0.1) is 0 Å². The van der Waals surface area contributed by atoms with E-state index in [1.54, 1.807) is 24.3 Å². The van der Waals surface area contributed by atoms with Gasteiger partial charge < -0.3 is 0 Å². The van der Waals surface area contributed by atoms with Gasteiger partial charge in [0.25, 0.3) is 10.1 Å². The van der Waals surface area contributed by atoms with Crippen LogP contribution in [0.1, 0.15) is 0 Å². The Morgan fingerprint density at radius 3 is 2.50 bits per heavy atom. The minimum Gasteiger partial charge on any atom is -0.268 e. The maximum absolute atomic E-state index is 12.0. The fourth-order valence-electron chi connectivity index (χ4n) is 1.43. The van der Waals surface area contributed by atoms with E-state index in [0.29, 0.717) is 5.69 Å². The first-order chi connectivity index (χ1) is 9.37. The van der Waals surface area contributed by atoms with Gasteiger partial charge >= 0.3 is 5.69 Å². The van der Waals surface area contributed by atoms with Gasteiger partial charge in [0.05, 0.1) is 25.1 Å². The number of benzene rings is 1. The number of rotatable bonds is 5. The van der Waals surface area contributed by atoms with Crippen molar-refractivity contribution in [1.82, 2.24) is 19.8 Å². The zero-order valence-corrected chi connectivity index (χ0v) is 12.8. The fraction of sp³-hybridized carbons (Fsp3) is 0.300. The molecule has 0 saturated carbocycles. The van der Waals surface area contributed by atoms with Gasteiger partial charge in [0, 0.05) is 4.47 Å². The van der Waals surface area contributed by atoms with E-state index in [0.717, 1.165) is 20.1 Å². The number of tetrazole rings is 1. The third-order valence-corrected chi connectivity index (χ3v) is 3.43. The van der Waals surface area contributed by atoms with E-state index in [4.69, 9.17) is 0 Å². The van der Waals surface area contributed by atoms with E-state index in [-0.39, 0.29) is 13.2 Å². The second kappa shape index (κ2) is 5.85. The Bertz CT molecular complexity index is 750. The normalized spacial score (nSPS) is 11.7. The maximum atomic E-state index is 12.0. The molecule has 20 heavy (non-hydrogen) atoms. The van der Waals surface area contributed by atoms with Gasteiger partial charge in [-0.05, 0) is 34.7 Å². The van der Waals surface area contributed by atoms with Crippen LogP contribution in [0.3, 0.4) is 0 Å². The van der Waals surface area contributed by atoms with Crippen molar-refractivity contribution in [2.45, 2.75) is 6.54 Å². The zero-order chi connectivity index (χ0) is 14.8. The first kappa shape index (κ1) is 14.9. The first-order valence-electron chi connectivity index (χ1n) is 5.50. The fourth-order valence-corrected chi connectivity index (χ4v) is 2.08. The van der Waals surface area contributed by atoms with Crippen molar-refractivity contribution >= 4 is 26.0 Å². The molecule has 2 rings (SSSR count). The van der Waals surface area contributed by atoms with Crippen molar-refractivity contribution < 1.29 is 12.6 Å². The highest BCUT2D eigenvalue weighted by molar-refractivity contribution is 9.10. The molecule has 0 unspecified atom stereocenters. The Balaban J connectivity index is 2.15. The lowest BCUT2D eigenvalue weighted by Crippen LogP contribution is -2.26. The number of aromatic nitrogens is 4. The molecule has 0 radical (unpaired) electrons. The highest BCUT2D eigenvalue weighted by atomic mass is 79.9. The SMILES string of the molecule is CS(=O)(=O)OCCn1nnn(-c2ccc(Br)cc2)c1=O. The number of hydrogen-bond donors (Lipinski definition) is 0. The molecule has 0 fully saturated rings. The summed E-state index contributed by atoms with van der Waals surface area (Å²) in [6.07, 6.45) is 0.939. The van der Waals surface area contributed by atoms with Crippen LogP contribution >= 0.6 is 15.9 Å². The van der Waals surface area contributed by atoms with Crippen LogP contribution in [0.4, 0.5) is 0 Å². The third-order valence-electron chi connectivity index (χ3n) is 2.31. The van der Waals surface area contributed by atoms with Gasteiger partial charge in [0.1, 0.15) is 0 Å². The van der Waals surface area contributed by atoms with Gasteiger partial charge in [0.2, 0.25) is 0 Å². The molecule has 0 aliphatic heterocycles. The topological polar surface area (TPSA) is 96.1 Å². The van der Waals surface area contributed by atoms with Crippen molar-refractivity contribution in [3.05, 3.63) is 39.2 Å². The molecule has 0 saturated heterocycles. The predicted octanol–water partition coefficient (Wildman–Crippen LogP) is 0.168. The smallest absolute Gasteiger partial charge is 0.268 e. The molecule has 0 bridgehead atoms. The summed E-state index contributed by atoms with van der Waals surface area (Å²) in [4.78, 5) is 12.0. The van der Waals surface area contributed by atoms with Crippen LogP contribution in [-0.4, -0.2) is 41.1 Å². The summed E-state index contributed by atoms with van der Waals surface area (Å²) in [5.74, 6) is 0. The number of hydrogen-bond acceptors (Lipinski definition) is 6. The number of halogens is 1. The van der Waals surface area contributed by atoms with Crippen LogP contribution in [0.5, 0.6) is 0 Å². The molecule has 0 spiro atoms. The van der Waals surface area contributed by atoms with Crippen molar-refractivity contribution in [3.63, 3.8) is 0 Å². The molecule has 0 atom stereocenters. The predicted molar refractivity (Wildman–Crippen MR) is 74.1 cm³/mol. The summed E-state index contributed by atoms with van der Waals surface area (Å²) < 4.78 is 29.2. The van der Waals surface area contributed by atoms with Crippen molar-refractivity contribution in [1.29, 1.82) is 0 Å². The molecule has 10 heteroatoms. The molecule has 2 aromatic rings. The van der Waals surface area contributed by atoms with Gasteiger partial charge in [-0.1, -0.05) is 15.9 Å². The van der Waals surface area contributed by atoms with Crippen LogP contribution in [0.15, 0.2) is 33.5 Å². The summed E-state index contributed by atoms with van der Waals surface area (Å²) in [7, 11) is -3.53. The molecule has 0 aliphatic rings. The molecular formula is C10H11BrN4O4S. The molecule has 0 amide bonds. The van der Waals surface area contributed by atoms with Crippen molar-refractivity contribution in [2.75, 3.05) is 12.9 Å². The molecule has 0 N–H and O–H groups in total. The molecule has 108 valence electrons. The van der Waals surface area contributed by atoms with Gasteiger partial charge in [-0.2, -0.15) is 17.8 Å². The third kappa shape index (κ3) is 3.74. The average Bonchev–Trinajstić information content (AvgIpc) is 2.71. The first-order valence-corrected chi connectivity index (χ1v) is 8.11. The average molecular weight is 363 g/mol. The van der Waals surface area contributed by atoms with E-state index in [2.05, 4.69) is 30.5 Å². The summed E-state index contributed by atoms with van der Waals surface area (Å²) in [6, 6.07) is 6.95. The second-order valence-electron chi connectivity index (χ2n) is 3.90. The summed E-state index contributed by atoms with van der Waals surface area (Å²) >= 11 is 3.29. The Labute approximate surface area is 123 Å². The Kier molecular flexibility index (Phi) is 4.35. The van der Waals surface area contributed by atoms with Crippen molar-refractivity contribution in [3.8, 4) is 5.69 Å². The molecule has 1 heterocycles. The van der Waals surface area contributed by atoms with Gasteiger partial charge in [-0.3, -0.25) is 4.18 Å². The second-order valence-corrected chi connectivity index (χ2v) is 6.46. The van der Waals surface area contributed by atoms with E-state index in [1.165, 1.54) is 0 Å². The monoisotopic (exact) mass is 362 g/mol. The molecule has 1 aromatic heterocycles. The lowest BCUT2D eigenvalue weighted by atomic mass is 10.3. The highest BCUT2D eigenvalue weighted by Gasteiger charge is 2.09. The minimum atomic E-state index is -3.53. The molecular weight excluding hydrogens is 352 g/mol. The summed E-state index contributed by atoms with van der Waals surface area (Å²) in [6.45, 7) is -0.166. The Hall–Kier alpha value is -1.52. The van der Waals surface area contributed by atoms with Crippen LogP contribution in [0.25, 0.3) is 5.69 Å². The Morgan fingerprint density at radius 1 is 1.25 bits per heavy atom. The number of nitrogens with zero attached hydrogens (tertiary/aromatic N) is 4. The van der Waals surface area contributed by atoms with Crippen LogP contribution < -0.4 is 5.69 Å². The lowest BCUT2D eigenvalue weighted by molar-refractivity contribution is 0.293. The van der Waals surface area contributed by atoms with Crippen molar-refractivity contribution in [2.24, 2.45) is 0 Å². The van der Waals surface area contributed by atoms with E-state index < -0.39 is 15.8 Å². The quantitative estimate of drug-likeness (QED) is 0.703. The van der Waals surface area contributed by atoms with E-state index >= 15 is 0 Å². The molecule has 0 aliphatic carbocycles. The zero-order valence-electron chi connectivity index (χ0n) is 10.4. The summed E-state index contributed by atoms with van der Waals surface area (Å²) in [5.41, 5.74) is 0.0953. The highest BCUT2D eigenvalue weighted by Crippen LogP contribution is 2.11. The van der Waals surface area contributed by atoms with Gasteiger partial charge in [0.15, 0.2) is 0 Å². The summed E-state index contributed by atoms with van der Waals surface area (Å²) in [5, 5.41) is 7.39. The van der Waals surface area contributed by atoms with Gasteiger partial charge in [-0.25, -0.2) is 4.79 Å². The van der Waals surface area contributed by atoms with Gasteiger partial charge in [-0.15, -0.1) is 0 Å². The lowest BCUT2D eigenvalue weighted by Gasteiger charge is -2.00. The van der Waals surface area contributed by atoms with Crippen LogP contribution in [-0.2, 0) is 20.8 Å². The van der Waals surface area contributed by atoms with E-state index in [1.807, 2.05) is 0 Å².